The fraction of sp³-hybridized carbons (Fsp3) is 0.533. The van der Waals surface area contributed by atoms with Crippen molar-refractivity contribution in [1.29, 1.82) is 0 Å². The summed E-state index contributed by atoms with van der Waals surface area (Å²) in [6, 6.07) is 7.61. The van der Waals surface area contributed by atoms with Crippen LogP contribution in [0.5, 0.6) is 0 Å². The minimum atomic E-state index is -0.522. The predicted molar refractivity (Wildman–Crippen MR) is 76.1 cm³/mol. The summed E-state index contributed by atoms with van der Waals surface area (Å²) in [7, 11) is 0. The molecular weight excluding hydrogens is 240 g/mol. The van der Waals surface area contributed by atoms with Crippen LogP contribution in [-0.4, -0.2) is 28.6 Å². The zero-order valence-electron chi connectivity index (χ0n) is 11.6. The van der Waals surface area contributed by atoms with Crippen LogP contribution in [0, 0.1) is 0 Å². The molecule has 1 saturated heterocycles. The minimum Gasteiger partial charge on any atom is -0.389 e. The molecule has 1 heterocycles. The first-order chi connectivity index (χ1) is 9.08. The van der Waals surface area contributed by atoms with Gasteiger partial charge >= 0.3 is 6.03 Å². The van der Waals surface area contributed by atoms with Gasteiger partial charge in [-0.1, -0.05) is 12.1 Å². The molecule has 19 heavy (non-hydrogen) atoms. The van der Waals surface area contributed by atoms with Crippen LogP contribution in [-0.2, 0) is 0 Å². The van der Waals surface area contributed by atoms with E-state index < -0.39 is 6.10 Å². The van der Waals surface area contributed by atoms with Crippen LogP contribution in [0.25, 0.3) is 0 Å². The first-order valence-electron chi connectivity index (χ1n) is 6.93. The Bertz CT molecular complexity index is 446. The van der Waals surface area contributed by atoms with Gasteiger partial charge in [0, 0.05) is 18.3 Å². The normalized spacial score (nSPS) is 21.0. The summed E-state index contributed by atoms with van der Waals surface area (Å²) in [4.78, 5) is 14.1. The molecular formula is C15H22N2O2. The van der Waals surface area contributed by atoms with E-state index in [-0.39, 0.29) is 6.03 Å². The van der Waals surface area contributed by atoms with Crippen LogP contribution < -0.4 is 5.32 Å². The Balaban J connectivity index is 2.03. The Hall–Kier alpha value is -1.55. The number of benzene rings is 1. The third-order valence-corrected chi connectivity index (χ3v) is 3.68. The average molecular weight is 262 g/mol. The number of amides is 2. The Kier molecular flexibility index (Phi) is 4.43. The summed E-state index contributed by atoms with van der Waals surface area (Å²) >= 11 is 0. The van der Waals surface area contributed by atoms with Gasteiger partial charge in [-0.15, -0.1) is 0 Å². The SMILES string of the molecule is CC(O)c1cccc(NC(=O)N2CCCCC2C)c1. The van der Waals surface area contributed by atoms with E-state index in [9.17, 15) is 9.90 Å². The number of nitrogens with zero attached hydrogens (tertiary/aromatic N) is 1. The molecule has 1 aromatic carbocycles. The topological polar surface area (TPSA) is 52.6 Å². The Morgan fingerprint density at radius 2 is 2.26 bits per heavy atom. The van der Waals surface area contributed by atoms with Crippen molar-refractivity contribution in [3.8, 4) is 0 Å². The van der Waals surface area contributed by atoms with Crippen molar-refractivity contribution in [2.75, 3.05) is 11.9 Å². The molecule has 2 rings (SSSR count). The molecule has 0 spiro atoms. The van der Waals surface area contributed by atoms with Crippen molar-refractivity contribution in [2.24, 2.45) is 0 Å². The van der Waals surface area contributed by atoms with Crippen LogP contribution in [0.3, 0.4) is 0 Å². The standard InChI is InChI=1S/C15H22N2O2/c1-11-6-3-4-9-17(11)15(19)16-14-8-5-7-13(10-14)12(2)18/h5,7-8,10-12,18H,3-4,6,9H2,1-2H3,(H,16,19). The number of hydrogen-bond acceptors (Lipinski definition) is 2. The molecule has 0 aliphatic carbocycles. The van der Waals surface area contributed by atoms with E-state index in [0.29, 0.717) is 6.04 Å². The van der Waals surface area contributed by atoms with Crippen molar-refractivity contribution in [2.45, 2.75) is 45.3 Å². The fourth-order valence-electron chi connectivity index (χ4n) is 2.47. The summed E-state index contributed by atoms with van der Waals surface area (Å²) in [6.45, 7) is 4.63. The fourth-order valence-corrected chi connectivity index (χ4v) is 2.47. The van der Waals surface area contributed by atoms with Gasteiger partial charge in [-0.2, -0.15) is 0 Å². The van der Waals surface area contributed by atoms with Crippen molar-refractivity contribution in [1.82, 2.24) is 4.90 Å². The first kappa shape index (κ1) is 13.9. The zero-order chi connectivity index (χ0) is 13.8. The molecule has 1 aliphatic rings. The number of carbonyl (C=O) groups excluding carboxylic acids is 1. The van der Waals surface area contributed by atoms with Crippen LogP contribution in [0.1, 0.15) is 44.8 Å². The molecule has 4 heteroatoms. The maximum atomic E-state index is 12.2. The lowest BCUT2D eigenvalue weighted by Crippen LogP contribution is -2.44. The molecule has 0 bridgehead atoms. The number of piperidine rings is 1. The maximum absolute atomic E-state index is 12.2. The molecule has 0 radical (unpaired) electrons. The van der Waals surface area contributed by atoms with Gasteiger partial charge in [-0.25, -0.2) is 4.79 Å². The third kappa shape index (κ3) is 3.47. The van der Waals surface area contributed by atoms with E-state index in [2.05, 4.69) is 12.2 Å². The highest BCUT2D eigenvalue weighted by molar-refractivity contribution is 5.89. The maximum Gasteiger partial charge on any atom is 0.322 e. The highest BCUT2D eigenvalue weighted by Gasteiger charge is 2.23. The van der Waals surface area contributed by atoms with Crippen molar-refractivity contribution < 1.29 is 9.90 Å². The lowest BCUT2D eigenvalue weighted by atomic mass is 10.0. The Morgan fingerprint density at radius 1 is 1.47 bits per heavy atom. The van der Waals surface area contributed by atoms with E-state index in [1.54, 1.807) is 6.92 Å². The van der Waals surface area contributed by atoms with Gasteiger partial charge in [0.1, 0.15) is 0 Å². The molecule has 2 N–H and O–H groups in total. The highest BCUT2D eigenvalue weighted by Crippen LogP contribution is 2.20. The molecule has 2 unspecified atom stereocenters. The molecule has 0 saturated carbocycles. The summed E-state index contributed by atoms with van der Waals surface area (Å²) in [5.74, 6) is 0. The second-order valence-electron chi connectivity index (χ2n) is 5.27. The molecule has 1 fully saturated rings. The lowest BCUT2D eigenvalue weighted by molar-refractivity contribution is 0.170. The number of urea groups is 1. The van der Waals surface area contributed by atoms with E-state index in [4.69, 9.17) is 0 Å². The van der Waals surface area contributed by atoms with Gasteiger partial charge in [0.2, 0.25) is 0 Å². The smallest absolute Gasteiger partial charge is 0.322 e. The van der Waals surface area contributed by atoms with E-state index in [1.165, 1.54) is 6.42 Å². The van der Waals surface area contributed by atoms with E-state index in [0.717, 1.165) is 30.6 Å². The molecule has 104 valence electrons. The summed E-state index contributed by atoms with van der Waals surface area (Å²) in [6.07, 6.45) is 2.82. The number of nitrogens with one attached hydrogen (secondary N) is 1. The van der Waals surface area contributed by atoms with Gasteiger partial charge in [-0.3, -0.25) is 0 Å². The number of hydrogen-bond donors (Lipinski definition) is 2. The van der Waals surface area contributed by atoms with Gasteiger partial charge in [0.15, 0.2) is 0 Å². The monoisotopic (exact) mass is 262 g/mol. The van der Waals surface area contributed by atoms with Crippen molar-refractivity contribution in [3.63, 3.8) is 0 Å². The number of aliphatic hydroxyl groups is 1. The predicted octanol–water partition coefficient (Wildman–Crippen LogP) is 3.15. The highest BCUT2D eigenvalue weighted by atomic mass is 16.3. The molecule has 1 aliphatic heterocycles. The molecule has 2 atom stereocenters. The summed E-state index contributed by atoms with van der Waals surface area (Å²) in [5.41, 5.74) is 1.55. The van der Waals surface area contributed by atoms with Gasteiger partial charge in [0.25, 0.3) is 0 Å². The number of carbonyl (C=O) groups is 1. The average Bonchev–Trinajstić information content (AvgIpc) is 2.39. The van der Waals surface area contributed by atoms with Crippen molar-refractivity contribution in [3.05, 3.63) is 29.8 Å². The second kappa shape index (κ2) is 6.06. The molecule has 2 amide bonds. The zero-order valence-corrected chi connectivity index (χ0v) is 11.6. The van der Waals surface area contributed by atoms with Crippen LogP contribution in [0.4, 0.5) is 10.5 Å². The largest absolute Gasteiger partial charge is 0.389 e. The molecule has 4 nitrogen and oxygen atoms in total. The number of rotatable bonds is 2. The van der Waals surface area contributed by atoms with Gasteiger partial charge < -0.3 is 15.3 Å². The lowest BCUT2D eigenvalue weighted by Gasteiger charge is -2.33. The van der Waals surface area contributed by atoms with Gasteiger partial charge in [0.05, 0.1) is 6.10 Å². The minimum absolute atomic E-state index is 0.0463. The van der Waals surface area contributed by atoms with Gasteiger partial charge in [-0.05, 0) is 50.8 Å². The summed E-state index contributed by atoms with van der Waals surface area (Å²) in [5, 5.41) is 12.5. The Labute approximate surface area is 114 Å². The summed E-state index contributed by atoms with van der Waals surface area (Å²) < 4.78 is 0. The Morgan fingerprint density at radius 3 is 2.95 bits per heavy atom. The molecule has 0 aromatic heterocycles. The quantitative estimate of drug-likeness (QED) is 0.860. The first-order valence-corrected chi connectivity index (χ1v) is 6.93. The number of aliphatic hydroxyl groups excluding tert-OH is 1. The van der Waals surface area contributed by atoms with Crippen molar-refractivity contribution >= 4 is 11.7 Å². The van der Waals surface area contributed by atoms with Crippen LogP contribution in [0.2, 0.25) is 0 Å². The van der Waals surface area contributed by atoms with E-state index >= 15 is 0 Å². The third-order valence-electron chi connectivity index (χ3n) is 3.68. The molecule has 1 aromatic rings. The van der Waals surface area contributed by atoms with Crippen LogP contribution in [0.15, 0.2) is 24.3 Å². The van der Waals surface area contributed by atoms with E-state index in [1.807, 2.05) is 29.2 Å². The van der Waals surface area contributed by atoms with Crippen LogP contribution >= 0.6 is 0 Å². The number of likely N-dealkylation sites (tertiary alicyclic amines) is 1. The number of anilines is 1. The second-order valence-corrected chi connectivity index (χ2v) is 5.27.